The molecule has 0 saturated heterocycles. The van der Waals surface area contributed by atoms with Crippen LogP contribution in [-0.2, 0) is 4.79 Å². The van der Waals surface area contributed by atoms with Crippen LogP contribution in [0, 0.1) is 5.82 Å². The maximum Gasteiger partial charge on any atom is 0.275 e. The van der Waals surface area contributed by atoms with Gasteiger partial charge in [-0.1, -0.05) is 12.1 Å². The number of amides is 1. The molecule has 5 heteroatoms. The van der Waals surface area contributed by atoms with E-state index >= 15 is 0 Å². The van der Waals surface area contributed by atoms with Crippen LogP contribution >= 0.6 is 0 Å². The molecule has 0 saturated carbocycles. The smallest absolute Gasteiger partial charge is 0.275 e. The Morgan fingerprint density at radius 2 is 1.75 bits per heavy atom. The van der Waals surface area contributed by atoms with Gasteiger partial charge in [-0.25, -0.2) is 9.38 Å². The van der Waals surface area contributed by atoms with Crippen molar-refractivity contribution in [1.29, 1.82) is 0 Å². The van der Waals surface area contributed by atoms with Gasteiger partial charge in [0.05, 0.1) is 6.10 Å². The summed E-state index contributed by atoms with van der Waals surface area (Å²) in [5.41, 5.74) is 1.82. The molecule has 0 aliphatic carbocycles. The van der Waals surface area contributed by atoms with E-state index in [1.165, 1.54) is 12.1 Å². The molecular formula is C19H17FN2O2. The number of ether oxygens (including phenoxy) is 1. The average Bonchev–Trinajstić information content (AvgIpc) is 2.90. The van der Waals surface area contributed by atoms with Gasteiger partial charge in [-0.2, -0.15) is 0 Å². The molecule has 3 rings (SSSR count). The zero-order valence-electron chi connectivity index (χ0n) is 13.4. The van der Waals surface area contributed by atoms with E-state index in [-0.39, 0.29) is 17.8 Å². The Labute approximate surface area is 139 Å². The number of hydrogen-bond acceptors (Lipinski definition) is 3. The second-order valence-electron chi connectivity index (χ2n) is 5.69. The fourth-order valence-corrected chi connectivity index (χ4v) is 2.29. The number of carbonyl (C=O) groups excluding carboxylic acids is 1. The molecule has 1 N–H and O–H groups in total. The van der Waals surface area contributed by atoms with Gasteiger partial charge in [-0.15, -0.1) is 0 Å². The normalized spacial score (nSPS) is 15.6. The number of halogens is 1. The highest BCUT2D eigenvalue weighted by molar-refractivity contribution is 6.19. The molecule has 2 aromatic carbocycles. The number of nitrogens with one attached hydrogen (secondary N) is 1. The minimum absolute atomic E-state index is 0.109. The van der Waals surface area contributed by atoms with Gasteiger partial charge in [0.1, 0.15) is 23.1 Å². The second-order valence-corrected chi connectivity index (χ2v) is 5.69. The van der Waals surface area contributed by atoms with Crippen molar-refractivity contribution in [3.63, 3.8) is 0 Å². The lowest BCUT2D eigenvalue weighted by Gasteiger charge is -2.09. The highest BCUT2D eigenvalue weighted by atomic mass is 19.1. The van der Waals surface area contributed by atoms with Crippen molar-refractivity contribution >= 4 is 17.8 Å². The van der Waals surface area contributed by atoms with E-state index in [2.05, 4.69) is 10.3 Å². The zero-order chi connectivity index (χ0) is 17.1. The number of rotatable bonds is 4. The third kappa shape index (κ3) is 3.68. The Balaban J connectivity index is 1.81. The standard InChI is InChI=1S/C19H17FN2O2/c1-12(2)24-16-9-3-13(4-10-16)11-17-19(23)22-18(21-17)14-5-7-15(20)8-6-14/h3-12H,1-2H3,(H,21,22,23)/b17-11+. The summed E-state index contributed by atoms with van der Waals surface area (Å²) in [7, 11) is 0. The Morgan fingerprint density at radius 3 is 2.38 bits per heavy atom. The van der Waals surface area contributed by atoms with Crippen molar-refractivity contribution in [2.24, 2.45) is 4.99 Å². The topological polar surface area (TPSA) is 50.7 Å². The highest BCUT2D eigenvalue weighted by Crippen LogP contribution is 2.18. The molecule has 0 unspecified atom stereocenters. The molecule has 0 radical (unpaired) electrons. The lowest BCUT2D eigenvalue weighted by molar-refractivity contribution is -0.115. The van der Waals surface area contributed by atoms with Crippen LogP contribution in [0.4, 0.5) is 4.39 Å². The molecule has 24 heavy (non-hydrogen) atoms. The summed E-state index contributed by atoms with van der Waals surface area (Å²) in [5.74, 6) is 0.588. The van der Waals surface area contributed by atoms with Crippen molar-refractivity contribution in [2.45, 2.75) is 20.0 Å². The van der Waals surface area contributed by atoms with E-state index in [0.29, 0.717) is 17.1 Å². The van der Waals surface area contributed by atoms with Crippen molar-refractivity contribution in [2.75, 3.05) is 0 Å². The maximum atomic E-state index is 13.0. The number of aliphatic imine (C=N–C) groups is 1. The number of amidine groups is 1. The molecule has 0 aromatic heterocycles. The summed E-state index contributed by atoms with van der Waals surface area (Å²) < 4.78 is 18.6. The molecule has 4 nitrogen and oxygen atoms in total. The van der Waals surface area contributed by atoms with E-state index in [1.54, 1.807) is 18.2 Å². The van der Waals surface area contributed by atoms with Gasteiger partial charge in [0.25, 0.3) is 5.91 Å². The predicted molar refractivity (Wildman–Crippen MR) is 91.3 cm³/mol. The molecule has 0 spiro atoms. The summed E-state index contributed by atoms with van der Waals surface area (Å²) in [5, 5.41) is 2.69. The van der Waals surface area contributed by atoms with E-state index in [1.807, 2.05) is 38.1 Å². The van der Waals surface area contributed by atoms with Crippen LogP contribution in [0.2, 0.25) is 0 Å². The van der Waals surface area contributed by atoms with E-state index < -0.39 is 0 Å². The van der Waals surface area contributed by atoms with E-state index in [4.69, 9.17) is 4.74 Å². The average molecular weight is 324 g/mol. The Hall–Kier alpha value is -2.95. The van der Waals surface area contributed by atoms with Crippen molar-refractivity contribution in [1.82, 2.24) is 5.32 Å². The van der Waals surface area contributed by atoms with Gasteiger partial charge in [-0.3, -0.25) is 4.79 Å². The number of nitrogens with zero attached hydrogens (tertiary/aromatic N) is 1. The monoisotopic (exact) mass is 324 g/mol. The minimum Gasteiger partial charge on any atom is -0.491 e. The first-order chi connectivity index (χ1) is 11.5. The molecular weight excluding hydrogens is 307 g/mol. The fraction of sp³-hybridized carbons (Fsp3) is 0.158. The van der Waals surface area contributed by atoms with Crippen LogP contribution in [0.15, 0.2) is 59.2 Å². The Morgan fingerprint density at radius 1 is 1.08 bits per heavy atom. The first kappa shape index (κ1) is 15.9. The molecule has 122 valence electrons. The van der Waals surface area contributed by atoms with Crippen LogP contribution in [0.3, 0.4) is 0 Å². The van der Waals surface area contributed by atoms with Crippen molar-refractivity contribution < 1.29 is 13.9 Å². The van der Waals surface area contributed by atoms with Gasteiger partial charge in [-0.05, 0) is 61.9 Å². The van der Waals surface area contributed by atoms with Crippen LogP contribution in [0.5, 0.6) is 5.75 Å². The molecule has 1 amide bonds. The second kappa shape index (κ2) is 6.66. The van der Waals surface area contributed by atoms with Crippen molar-refractivity contribution in [3.05, 3.63) is 71.2 Å². The molecule has 1 aliphatic heterocycles. The summed E-state index contributed by atoms with van der Waals surface area (Å²) in [6.45, 7) is 3.93. The van der Waals surface area contributed by atoms with Gasteiger partial charge < -0.3 is 10.1 Å². The molecule has 0 fully saturated rings. The Bertz CT molecular complexity index is 806. The largest absolute Gasteiger partial charge is 0.491 e. The molecule has 0 bridgehead atoms. The number of carbonyl (C=O) groups is 1. The molecule has 2 aromatic rings. The summed E-state index contributed by atoms with van der Waals surface area (Å²) in [4.78, 5) is 16.3. The van der Waals surface area contributed by atoms with Crippen LogP contribution in [0.25, 0.3) is 6.08 Å². The van der Waals surface area contributed by atoms with Crippen LogP contribution in [-0.4, -0.2) is 17.8 Å². The Kier molecular flexibility index (Phi) is 4.42. The van der Waals surface area contributed by atoms with Gasteiger partial charge in [0.2, 0.25) is 0 Å². The molecule has 0 atom stereocenters. The highest BCUT2D eigenvalue weighted by Gasteiger charge is 2.21. The lowest BCUT2D eigenvalue weighted by atomic mass is 10.2. The molecule has 1 aliphatic rings. The lowest BCUT2D eigenvalue weighted by Crippen LogP contribution is -2.24. The third-order valence-electron chi connectivity index (χ3n) is 3.37. The quantitative estimate of drug-likeness (QED) is 0.875. The summed E-state index contributed by atoms with van der Waals surface area (Å²) in [6.07, 6.45) is 1.81. The first-order valence-electron chi connectivity index (χ1n) is 7.65. The summed E-state index contributed by atoms with van der Waals surface area (Å²) in [6, 6.07) is 13.3. The predicted octanol–water partition coefficient (Wildman–Crippen LogP) is 3.53. The zero-order valence-corrected chi connectivity index (χ0v) is 13.4. The maximum absolute atomic E-state index is 13.0. The van der Waals surface area contributed by atoms with Gasteiger partial charge in [0.15, 0.2) is 0 Å². The number of benzene rings is 2. The van der Waals surface area contributed by atoms with Crippen molar-refractivity contribution in [3.8, 4) is 5.75 Å². The first-order valence-corrected chi connectivity index (χ1v) is 7.65. The fourth-order valence-electron chi connectivity index (χ4n) is 2.29. The van der Waals surface area contributed by atoms with E-state index in [9.17, 15) is 9.18 Å². The SMILES string of the molecule is CC(C)Oc1ccc(/C=C2/N=C(c3ccc(F)cc3)NC2=O)cc1. The van der Waals surface area contributed by atoms with E-state index in [0.717, 1.165) is 11.3 Å². The number of hydrogen-bond donors (Lipinski definition) is 1. The van der Waals surface area contributed by atoms with Gasteiger partial charge >= 0.3 is 0 Å². The van der Waals surface area contributed by atoms with Crippen LogP contribution < -0.4 is 10.1 Å². The minimum atomic E-state index is -0.330. The van der Waals surface area contributed by atoms with Crippen LogP contribution in [0.1, 0.15) is 25.0 Å². The summed E-state index contributed by atoms with van der Waals surface area (Å²) >= 11 is 0. The third-order valence-corrected chi connectivity index (χ3v) is 3.37. The van der Waals surface area contributed by atoms with Gasteiger partial charge in [0, 0.05) is 5.56 Å². The molecule has 1 heterocycles.